The van der Waals surface area contributed by atoms with Crippen molar-refractivity contribution in [2.24, 2.45) is 5.92 Å². The molecule has 0 saturated carbocycles. The summed E-state index contributed by atoms with van der Waals surface area (Å²) in [5.74, 6) is 0.539. The van der Waals surface area contributed by atoms with E-state index in [4.69, 9.17) is 0 Å². The van der Waals surface area contributed by atoms with Crippen molar-refractivity contribution in [3.63, 3.8) is 0 Å². The first-order valence-corrected chi connectivity index (χ1v) is 10.3. The molecule has 4 rings (SSSR count). The van der Waals surface area contributed by atoms with E-state index in [9.17, 15) is 13.6 Å². The van der Waals surface area contributed by atoms with Gasteiger partial charge in [0.15, 0.2) is 0 Å². The molecule has 3 aromatic heterocycles. The second kappa shape index (κ2) is 8.79. The van der Waals surface area contributed by atoms with Crippen LogP contribution >= 0.6 is 0 Å². The lowest BCUT2D eigenvalue weighted by Crippen LogP contribution is -2.28. The van der Waals surface area contributed by atoms with Crippen LogP contribution in [-0.4, -0.2) is 45.0 Å². The quantitative estimate of drug-likeness (QED) is 0.604. The SMILES string of the molecule is CC(C)CNc1ncc2c(n1)CCC=C2c1ccn2ncc(C(=O)NCC(F)F)c2c1. The summed E-state index contributed by atoms with van der Waals surface area (Å²) < 4.78 is 26.5. The Morgan fingerprint density at radius 3 is 2.87 bits per heavy atom. The predicted molar refractivity (Wildman–Crippen MR) is 114 cm³/mol. The van der Waals surface area contributed by atoms with Crippen LogP contribution in [0.1, 0.15) is 47.4 Å². The number of aryl methyl sites for hydroxylation is 1. The molecule has 2 N–H and O–H groups in total. The molecule has 0 radical (unpaired) electrons. The summed E-state index contributed by atoms with van der Waals surface area (Å²) >= 11 is 0. The molecule has 0 aliphatic heterocycles. The molecular weight excluding hydrogens is 402 g/mol. The van der Waals surface area contributed by atoms with E-state index in [2.05, 4.69) is 45.6 Å². The molecule has 9 heteroatoms. The number of aromatic nitrogens is 4. The van der Waals surface area contributed by atoms with Crippen molar-refractivity contribution in [1.29, 1.82) is 0 Å². The largest absolute Gasteiger partial charge is 0.354 e. The highest BCUT2D eigenvalue weighted by Crippen LogP contribution is 2.31. The molecule has 162 valence electrons. The van der Waals surface area contributed by atoms with Crippen LogP contribution in [0.4, 0.5) is 14.7 Å². The second-order valence-electron chi connectivity index (χ2n) is 7.89. The molecule has 3 heterocycles. The first-order chi connectivity index (χ1) is 14.9. The van der Waals surface area contributed by atoms with Gasteiger partial charge in [0.1, 0.15) is 0 Å². The van der Waals surface area contributed by atoms with E-state index >= 15 is 0 Å². The zero-order chi connectivity index (χ0) is 22.0. The number of amides is 1. The van der Waals surface area contributed by atoms with Gasteiger partial charge in [-0.05, 0) is 42.0 Å². The van der Waals surface area contributed by atoms with E-state index in [1.165, 1.54) is 6.20 Å². The van der Waals surface area contributed by atoms with Gasteiger partial charge in [0.25, 0.3) is 12.3 Å². The summed E-state index contributed by atoms with van der Waals surface area (Å²) in [6.07, 6.45) is 6.16. The number of carbonyl (C=O) groups is 1. The topological polar surface area (TPSA) is 84.2 Å². The minimum absolute atomic E-state index is 0.253. The molecule has 0 atom stereocenters. The zero-order valence-electron chi connectivity index (χ0n) is 17.4. The number of rotatable bonds is 7. The normalized spacial score (nSPS) is 13.4. The molecule has 0 bridgehead atoms. The summed E-state index contributed by atoms with van der Waals surface area (Å²) in [6.45, 7) is 4.36. The van der Waals surface area contributed by atoms with E-state index < -0.39 is 18.9 Å². The Bertz CT molecular complexity index is 1140. The van der Waals surface area contributed by atoms with Crippen molar-refractivity contribution in [3.05, 3.63) is 59.2 Å². The average molecular weight is 426 g/mol. The van der Waals surface area contributed by atoms with Gasteiger partial charge in [0, 0.05) is 24.5 Å². The summed E-state index contributed by atoms with van der Waals surface area (Å²) in [5.41, 5.74) is 4.61. The van der Waals surface area contributed by atoms with E-state index in [0.29, 0.717) is 17.4 Å². The number of nitrogens with one attached hydrogen (secondary N) is 2. The monoisotopic (exact) mass is 426 g/mol. The number of alkyl halides is 2. The van der Waals surface area contributed by atoms with E-state index in [1.54, 1.807) is 10.7 Å². The molecule has 0 saturated heterocycles. The van der Waals surface area contributed by atoms with Gasteiger partial charge in [0.05, 0.1) is 29.5 Å². The summed E-state index contributed by atoms with van der Waals surface area (Å²) in [5, 5.41) is 9.65. The highest BCUT2D eigenvalue weighted by molar-refractivity contribution is 6.01. The number of fused-ring (bicyclic) bond motifs is 2. The zero-order valence-corrected chi connectivity index (χ0v) is 17.4. The highest BCUT2D eigenvalue weighted by atomic mass is 19.3. The van der Waals surface area contributed by atoms with Gasteiger partial charge in [-0.15, -0.1) is 0 Å². The van der Waals surface area contributed by atoms with Crippen LogP contribution in [0, 0.1) is 5.92 Å². The number of pyridine rings is 1. The first-order valence-electron chi connectivity index (χ1n) is 10.3. The van der Waals surface area contributed by atoms with Crippen molar-refractivity contribution in [3.8, 4) is 0 Å². The Hall–Kier alpha value is -3.36. The number of hydrogen-bond donors (Lipinski definition) is 2. The second-order valence-corrected chi connectivity index (χ2v) is 7.89. The van der Waals surface area contributed by atoms with Gasteiger partial charge < -0.3 is 10.6 Å². The Morgan fingerprint density at radius 1 is 1.26 bits per heavy atom. The fourth-order valence-corrected chi connectivity index (χ4v) is 3.54. The van der Waals surface area contributed by atoms with Crippen molar-refractivity contribution in [2.45, 2.75) is 33.1 Å². The van der Waals surface area contributed by atoms with Crippen LogP contribution in [0.25, 0.3) is 11.1 Å². The Labute approximate surface area is 178 Å². The molecule has 0 unspecified atom stereocenters. The lowest BCUT2D eigenvalue weighted by atomic mass is 9.91. The third-order valence-corrected chi connectivity index (χ3v) is 5.05. The summed E-state index contributed by atoms with van der Waals surface area (Å²) in [4.78, 5) is 21.5. The fraction of sp³-hybridized carbons (Fsp3) is 0.364. The van der Waals surface area contributed by atoms with Crippen molar-refractivity contribution in [1.82, 2.24) is 24.9 Å². The van der Waals surface area contributed by atoms with Crippen LogP contribution in [0.5, 0.6) is 0 Å². The number of halogens is 2. The van der Waals surface area contributed by atoms with Gasteiger partial charge in [-0.1, -0.05) is 19.9 Å². The molecule has 3 aromatic rings. The summed E-state index contributed by atoms with van der Waals surface area (Å²) in [7, 11) is 0. The molecule has 31 heavy (non-hydrogen) atoms. The van der Waals surface area contributed by atoms with E-state index in [-0.39, 0.29) is 5.56 Å². The van der Waals surface area contributed by atoms with Gasteiger partial charge in [-0.3, -0.25) is 4.79 Å². The molecule has 0 spiro atoms. The Morgan fingerprint density at radius 2 is 2.10 bits per heavy atom. The van der Waals surface area contributed by atoms with E-state index in [0.717, 1.165) is 41.8 Å². The molecule has 0 fully saturated rings. The third-order valence-electron chi connectivity index (χ3n) is 5.05. The maximum absolute atomic E-state index is 12.5. The fourth-order valence-electron chi connectivity index (χ4n) is 3.54. The molecule has 1 aliphatic carbocycles. The van der Waals surface area contributed by atoms with Crippen LogP contribution in [-0.2, 0) is 6.42 Å². The Kier molecular flexibility index (Phi) is 5.92. The van der Waals surface area contributed by atoms with Crippen LogP contribution < -0.4 is 10.6 Å². The summed E-state index contributed by atoms with van der Waals surface area (Å²) in [6, 6.07) is 3.75. The van der Waals surface area contributed by atoms with Crippen molar-refractivity contribution >= 4 is 22.9 Å². The molecular formula is C22H24F2N6O. The predicted octanol–water partition coefficient (Wildman–Crippen LogP) is 3.57. The number of nitrogens with zero attached hydrogens (tertiary/aromatic N) is 4. The molecule has 0 aromatic carbocycles. The van der Waals surface area contributed by atoms with Crippen LogP contribution in [0.2, 0.25) is 0 Å². The lowest BCUT2D eigenvalue weighted by Gasteiger charge is -2.18. The maximum atomic E-state index is 12.5. The third kappa shape index (κ3) is 4.55. The number of anilines is 1. The minimum Gasteiger partial charge on any atom is -0.354 e. The first kappa shape index (κ1) is 20.9. The van der Waals surface area contributed by atoms with Gasteiger partial charge in [-0.2, -0.15) is 5.10 Å². The van der Waals surface area contributed by atoms with Gasteiger partial charge >= 0.3 is 0 Å². The number of carbonyl (C=O) groups excluding carboxylic acids is 1. The number of allylic oxidation sites excluding steroid dienone is 1. The lowest BCUT2D eigenvalue weighted by molar-refractivity contribution is 0.0893. The van der Waals surface area contributed by atoms with Gasteiger partial charge in [-0.25, -0.2) is 23.3 Å². The van der Waals surface area contributed by atoms with Crippen LogP contribution in [0.3, 0.4) is 0 Å². The smallest absolute Gasteiger partial charge is 0.255 e. The van der Waals surface area contributed by atoms with Crippen molar-refractivity contribution in [2.75, 3.05) is 18.4 Å². The molecule has 1 aliphatic rings. The highest BCUT2D eigenvalue weighted by Gasteiger charge is 2.19. The maximum Gasteiger partial charge on any atom is 0.255 e. The van der Waals surface area contributed by atoms with E-state index in [1.807, 2.05) is 18.3 Å². The standard InChI is InChI=1S/C22H24F2N6O/c1-13(2)9-26-22-27-10-16-15(4-3-5-18(16)29-22)14-6-7-30-19(8-14)17(11-28-30)21(31)25-12-20(23)24/h4,6-8,10-11,13,20H,3,5,9,12H2,1-2H3,(H,25,31)(H,26,27,29). The minimum atomic E-state index is -2.61. The number of hydrogen-bond acceptors (Lipinski definition) is 5. The van der Waals surface area contributed by atoms with Crippen LogP contribution in [0.15, 0.2) is 36.8 Å². The molecule has 7 nitrogen and oxygen atoms in total. The average Bonchev–Trinajstić information content (AvgIpc) is 3.18. The van der Waals surface area contributed by atoms with Gasteiger partial charge in [0.2, 0.25) is 5.95 Å². The molecule has 1 amide bonds. The van der Waals surface area contributed by atoms with Crippen molar-refractivity contribution < 1.29 is 13.6 Å². The Balaban J connectivity index is 1.64.